The number of anilines is 1. The van der Waals surface area contributed by atoms with E-state index >= 15 is 0 Å². The number of halogens is 1. The molecule has 1 aliphatic rings. The molecule has 0 radical (unpaired) electrons. The van der Waals surface area contributed by atoms with Crippen molar-refractivity contribution in [3.63, 3.8) is 0 Å². The number of pyridine rings is 1. The minimum absolute atomic E-state index is 0.717. The van der Waals surface area contributed by atoms with Gasteiger partial charge in [0.15, 0.2) is 5.82 Å². The second kappa shape index (κ2) is 7.45. The fourth-order valence-corrected chi connectivity index (χ4v) is 3.24. The SMILES string of the molecule is CN1CCN(Nc2n[nH]c(-c3ccc(Cl)cc3)c2-c2ccncc2)CC1. The summed E-state index contributed by atoms with van der Waals surface area (Å²) in [6, 6.07) is 11.8. The first-order valence-electron chi connectivity index (χ1n) is 8.65. The Hall–Kier alpha value is -2.41. The maximum atomic E-state index is 6.04. The number of nitrogens with zero attached hydrogens (tertiary/aromatic N) is 4. The number of piperazine rings is 1. The largest absolute Gasteiger partial charge is 0.304 e. The van der Waals surface area contributed by atoms with Gasteiger partial charge in [0.2, 0.25) is 0 Å². The summed E-state index contributed by atoms with van der Waals surface area (Å²) in [5.41, 5.74) is 7.59. The van der Waals surface area contributed by atoms with E-state index in [0.29, 0.717) is 0 Å². The molecule has 4 rings (SSSR count). The summed E-state index contributed by atoms with van der Waals surface area (Å²) < 4.78 is 0. The van der Waals surface area contributed by atoms with Gasteiger partial charge in [-0.3, -0.25) is 10.1 Å². The third-order valence-corrected chi connectivity index (χ3v) is 4.89. The molecule has 7 heteroatoms. The number of aromatic nitrogens is 3. The number of rotatable bonds is 4. The molecular weight excluding hydrogens is 348 g/mol. The van der Waals surface area contributed by atoms with Crippen LogP contribution in [0.25, 0.3) is 22.4 Å². The number of H-pyrrole nitrogens is 1. The quantitative estimate of drug-likeness (QED) is 0.739. The zero-order chi connectivity index (χ0) is 17.9. The summed E-state index contributed by atoms with van der Waals surface area (Å²) in [6.45, 7) is 3.98. The Morgan fingerprint density at radius 1 is 0.962 bits per heavy atom. The normalized spacial score (nSPS) is 15.9. The molecule has 26 heavy (non-hydrogen) atoms. The van der Waals surface area contributed by atoms with Gasteiger partial charge in [-0.25, -0.2) is 5.01 Å². The highest BCUT2D eigenvalue weighted by Crippen LogP contribution is 2.36. The van der Waals surface area contributed by atoms with Gasteiger partial charge in [0.25, 0.3) is 0 Å². The van der Waals surface area contributed by atoms with E-state index in [-0.39, 0.29) is 0 Å². The minimum Gasteiger partial charge on any atom is -0.304 e. The molecular formula is C19H21ClN6. The average molecular weight is 369 g/mol. The lowest BCUT2D eigenvalue weighted by atomic mass is 10.0. The van der Waals surface area contributed by atoms with Crippen LogP contribution in [0.4, 0.5) is 5.82 Å². The van der Waals surface area contributed by atoms with E-state index in [1.165, 1.54) is 0 Å². The highest BCUT2D eigenvalue weighted by molar-refractivity contribution is 6.30. The van der Waals surface area contributed by atoms with Gasteiger partial charge in [0.1, 0.15) is 0 Å². The van der Waals surface area contributed by atoms with E-state index in [0.717, 1.165) is 59.4 Å². The van der Waals surface area contributed by atoms with E-state index in [4.69, 9.17) is 11.6 Å². The number of benzene rings is 1. The minimum atomic E-state index is 0.717. The van der Waals surface area contributed by atoms with Gasteiger partial charge in [0, 0.05) is 49.2 Å². The summed E-state index contributed by atoms with van der Waals surface area (Å²) in [7, 11) is 2.15. The van der Waals surface area contributed by atoms with Crippen molar-refractivity contribution in [1.82, 2.24) is 25.1 Å². The van der Waals surface area contributed by atoms with Crippen LogP contribution in [-0.4, -0.2) is 58.3 Å². The number of nitrogens with one attached hydrogen (secondary N) is 2. The van der Waals surface area contributed by atoms with Crippen LogP contribution in [0.3, 0.4) is 0 Å². The van der Waals surface area contributed by atoms with Gasteiger partial charge in [-0.1, -0.05) is 23.7 Å². The van der Waals surface area contributed by atoms with Crippen LogP contribution in [0.1, 0.15) is 0 Å². The molecule has 0 aliphatic carbocycles. The molecule has 3 heterocycles. The van der Waals surface area contributed by atoms with Gasteiger partial charge in [-0.05, 0) is 36.9 Å². The number of aromatic amines is 1. The number of hydrogen-bond acceptors (Lipinski definition) is 5. The van der Waals surface area contributed by atoms with Crippen LogP contribution >= 0.6 is 11.6 Å². The van der Waals surface area contributed by atoms with Crippen LogP contribution < -0.4 is 5.43 Å². The van der Waals surface area contributed by atoms with Crippen molar-refractivity contribution in [2.24, 2.45) is 0 Å². The van der Waals surface area contributed by atoms with Gasteiger partial charge in [-0.2, -0.15) is 5.10 Å². The molecule has 0 atom stereocenters. The van der Waals surface area contributed by atoms with E-state index in [9.17, 15) is 0 Å². The molecule has 0 bridgehead atoms. The first kappa shape index (κ1) is 17.0. The average Bonchev–Trinajstić information content (AvgIpc) is 3.08. The Bertz CT molecular complexity index is 853. The van der Waals surface area contributed by atoms with E-state index in [1.807, 2.05) is 36.4 Å². The van der Waals surface area contributed by atoms with Crippen LogP contribution in [0, 0.1) is 0 Å². The van der Waals surface area contributed by atoms with Crippen molar-refractivity contribution in [2.45, 2.75) is 0 Å². The van der Waals surface area contributed by atoms with Crippen LogP contribution in [-0.2, 0) is 0 Å². The lowest BCUT2D eigenvalue weighted by Crippen LogP contribution is -2.47. The molecule has 1 aliphatic heterocycles. The zero-order valence-corrected chi connectivity index (χ0v) is 15.4. The predicted octanol–water partition coefficient (Wildman–Crippen LogP) is 3.37. The topological polar surface area (TPSA) is 60.1 Å². The summed E-state index contributed by atoms with van der Waals surface area (Å²) in [4.78, 5) is 6.46. The van der Waals surface area contributed by atoms with Crippen molar-refractivity contribution >= 4 is 17.4 Å². The third-order valence-electron chi connectivity index (χ3n) is 4.64. The Labute approximate surface area is 157 Å². The van der Waals surface area contributed by atoms with E-state index < -0.39 is 0 Å². The first-order chi connectivity index (χ1) is 12.7. The second-order valence-corrected chi connectivity index (χ2v) is 6.90. The fraction of sp³-hybridized carbons (Fsp3) is 0.263. The van der Waals surface area contributed by atoms with Crippen molar-refractivity contribution in [3.8, 4) is 22.4 Å². The van der Waals surface area contributed by atoms with Gasteiger partial charge in [0.05, 0.1) is 11.3 Å². The zero-order valence-electron chi connectivity index (χ0n) is 14.6. The molecule has 6 nitrogen and oxygen atoms in total. The first-order valence-corrected chi connectivity index (χ1v) is 9.03. The molecule has 1 aromatic carbocycles. The number of hydrogen-bond donors (Lipinski definition) is 2. The molecule has 0 unspecified atom stereocenters. The standard InChI is InChI=1S/C19H21ClN6/c1-25-10-12-26(13-11-25)24-19-17(14-6-8-21-9-7-14)18(22-23-19)15-2-4-16(20)5-3-15/h2-9H,10-13H2,1H3,(H2,22,23,24). The van der Waals surface area contributed by atoms with Gasteiger partial charge >= 0.3 is 0 Å². The predicted molar refractivity (Wildman–Crippen MR) is 105 cm³/mol. The monoisotopic (exact) mass is 368 g/mol. The van der Waals surface area contributed by atoms with Gasteiger partial charge < -0.3 is 10.3 Å². The molecule has 134 valence electrons. The number of likely N-dealkylation sites (N-methyl/N-ethyl adjacent to an activating group) is 1. The third kappa shape index (κ3) is 3.58. The van der Waals surface area contributed by atoms with Crippen LogP contribution in [0.5, 0.6) is 0 Å². The fourth-order valence-electron chi connectivity index (χ4n) is 3.12. The molecule has 0 saturated carbocycles. The lowest BCUT2D eigenvalue weighted by Gasteiger charge is -2.32. The summed E-state index contributed by atoms with van der Waals surface area (Å²) in [5.74, 6) is 0.825. The van der Waals surface area contributed by atoms with E-state index in [2.05, 4.69) is 37.6 Å². The molecule has 1 saturated heterocycles. The van der Waals surface area contributed by atoms with Crippen molar-refractivity contribution in [1.29, 1.82) is 0 Å². The molecule has 3 aromatic rings. The maximum absolute atomic E-state index is 6.04. The summed E-state index contributed by atoms with van der Waals surface area (Å²) in [5, 5.41) is 10.7. The molecule has 0 amide bonds. The van der Waals surface area contributed by atoms with Crippen molar-refractivity contribution in [3.05, 3.63) is 53.8 Å². The molecule has 1 fully saturated rings. The Kier molecular flexibility index (Phi) is 4.88. The highest BCUT2D eigenvalue weighted by atomic mass is 35.5. The van der Waals surface area contributed by atoms with Crippen molar-refractivity contribution < 1.29 is 0 Å². The Balaban J connectivity index is 1.71. The van der Waals surface area contributed by atoms with Crippen molar-refractivity contribution in [2.75, 3.05) is 38.7 Å². The van der Waals surface area contributed by atoms with Crippen LogP contribution in [0.2, 0.25) is 5.02 Å². The molecule has 0 spiro atoms. The van der Waals surface area contributed by atoms with Crippen LogP contribution in [0.15, 0.2) is 48.8 Å². The van der Waals surface area contributed by atoms with E-state index in [1.54, 1.807) is 12.4 Å². The Morgan fingerprint density at radius 2 is 1.65 bits per heavy atom. The highest BCUT2D eigenvalue weighted by Gasteiger charge is 2.20. The summed E-state index contributed by atoms with van der Waals surface area (Å²) in [6.07, 6.45) is 3.60. The second-order valence-electron chi connectivity index (χ2n) is 6.47. The Morgan fingerprint density at radius 3 is 2.35 bits per heavy atom. The summed E-state index contributed by atoms with van der Waals surface area (Å²) >= 11 is 6.04. The lowest BCUT2D eigenvalue weighted by molar-refractivity contribution is 0.178. The maximum Gasteiger partial charge on any atom is 0.170 e. The smallest absolute Gasteiger partial charge is 0.170 e. The molecule has 2 N–H and O–H groups in total. The van der Waals surface area contributed by atoms with Gasteiger partial charge in [-0.15, -0.1) is 0 Å². The molecule has 2 aromatic heterocycles. The number of hydrazine groups is 1.